The molecule has 1 radical (unpaired) electrons. The number of pyridine rings is 2. The molecule has 0 aliphatic heterocycles. The number of nitrogens with one attached hydrogen (secondary N) is 2. The van der Waals surface area contributed by atoms with Crippen LogP contribution in [0.5, 0.6) is 11.5 Å². The van der Waals surface area contributed by atoms with E-state index in [-0.39, 0.29) is 0 Å². The predicted molar refractivity (Wildman–Crippen MR) is 89.5 cm³/mol. The van der Waals surface area contributed by atoms with Crippen molar-refractivity contribution < 1.29 is 9.53 Å². The Kier molecular flexibility index (Phi) is 4.51. The first kappa shape index (κ1) is 15.7. The van der Waals surface area contributed by atoms with Crippen LogP contribution in [0, 0.1) is 0 Å². The van der Waals surface area contributed by atoms with Gasteiger partial charge in [0.05, 0.1) is 11.9 Å². The maximum Gasteiger partial charge on any atom is 0.315 e. The lowest BCUT2D eigenvalue weighted by atomic mass is 10.2. The number of amides is 1. The van der Waals surface area contributed by atoms with Crippen molar-refractivity contribution in [2.75, 3.05) is 5.32 Å². The Hall–Kier alpha value is -3.22. The average molecular weight is 322 g/mol. The number of nitrogens with zero attached hydrogens (tertiary/aromatic N) is 3. The molecule has 7 nitrogen and oxygen atoms in total. The Balaban J connectivity index is 1.78. The van der Waals surface area contributed by atoms with Crippen molar-refractivity contribution in [3.05, 3.63) is 48.7 Å². The summed E-state index contributed by atoms with van der Waals surface area (Å²) in [5, 5.41) is 2.35. The molecule has 0 saturated carbocycles. The number of rotatable bonds is 6. The standard InChI is InChI=1S/C17H16N5O2/c1-11(2)17-20-9-15(22-17)14-7-12(5-6-18-14)24-13-3-4-16(19-8-13)21-10-23/h3-9,11H,1-2H3,(H,20,22)(H,19,21,23). The van der Waals surface area contributed by atoms with Crippen molar-refractivity contribution in [1.82, 2.24) is 19.9 Å². The molecule has 0 atom stereocenters. The van der Waals surface area contributed by atoms with E-state index in [0.29, 0.717) is 23.2 Å². The third kappa shape index (κ3) is 3.57. The van der Waals surface area contributed by atoms with Gasteiger partial charge in [0.25, 0.3) is 0 Å². The van der Waals surface area contributed by atoms with Gasteiger partial charge in [0, 0.05) is 24.4 Å². The molecule has 3 aromatic heterocycles. The number of aromatic amines is 1. The third-order valence-corrected chi connectivity index (χ3v) is 3.29. The van der Waals surface area contributed by atoms with Crippen LogP contribution in [-0.2, 0) is 4.79 Å². The number of hydrogen-bond donors (Lipinski definition) is 2. The molecule has 1 amide bonds. The minimum atomic E-state index is 0.319. The van der Waals surface area contributed by atoms with Crippen LogP contribution in [0.1, 0.15) is 25.6 Å². The normalized spacial score (nSPS) is 10.6. The lowest BCUT2D eigenvalue weighted by Gasteiger charge is -2.06. The molecule has 0 saturated heterocycles. The highest BCUT2D eigenvalue weighted by Crippen LogP contribution is 2.25. The number of aromatic nitrogens is 4. The van der Waals surface area contributed by atoms with E-state index in [0.717, 1.165) is 17.2 Å². The van der Waals surface area contributed by atoms with Crippen LogP contribution >= 0.6 is 0 Å². The molecule has 3 rings (SSSR count). The molecule has 3 heterocycles. The van der Waals surface area contributed by atoms with Gasteiger partial charge in [-0.25, -0.2) is 9.97 Å². The fraction of sp³-hybridized carbons (Fsp3) is 0.176. The van der Waals surface area contributed by atoms with E-state index in [1.807, 2.05) is 12.3 Å². The van der Waals surface area contributed by atoms with Gasteiger partial charge in [-0.15, -0.1) is 0 Å². The van der Waals surface area contributed by atoms with Crippen LogP contribution in [0.25, 0.3) is 11.4 Å². The lowest BCUT2D eigenvalue weighted by Crippen LogP contribution is -1.96. The Labute approximate surface area is 139 Å². The van der Waals surface area contributed by atoms with Gasteiger partial charge >= 0.3 is 6.41 Å². The van der Waals surface area contributed by atoms with Gasteiger partial charge in [-0.2, -0.15) is 0 Å². The minimum Gasteiger partial charge on any atom is -0.456 e. The maximum absolute atomic E-state index is 10.2. The van der Waals surface area contributed by atoms with Crippen LogP contribution < -0.4 is 10.1 Å². The number of anilines is 1. The zero-order chi connectivity index (χ0) is 16.9. The summed E-state index contributed by atoms with van der Waals surface area (Å²) in [4.78, 5) is 26.3. The molecular weight excluding hydrogens is 306 g/mol. The average Bonchev–Trinajstić information content (AvgIpc) is 3.08. The lowest BCUT2D eigenvalue weighted by molar-refractivity contribution is 0.480. The van der Waals surface area contributed by atoms with E-state index >= 15 is 0 Å². The zero-order valence-electron chi connectivity index (χ0n) is 13.3. The van der Waals surface area contributed by atoms with Gasteiger partial charge in [-0.3, -0.25) is 9.78 Å². The second-order valence-corrected chi connectivity index (χ2v) is 5.41. The van der Waals surface area contributed by atoms with Gasteiger partial charge in [0.2, 0.25) is 0 Å². The highest BCUT2D eigenvalue weighted by molar-refractivity contribution is 5.69. The smallest absolute Gasteiger partial charge is 0.315 e. The first-order chi connectivity index (χ1) is 11.7. The molecule has 2 N–H and O–H groups in total. The Bertz CT molecular complexity index is 827. The van der Waals surface area contributed by atoms with Crippen LogP contribution in [0.4, 0.5) is 5.82 Å². The van der Waals surface area contributed by atoms with Crippen molar-refractivity contribution in [3.63, 3.8) is 0 Å². The summed E-state index contributed by atoms with van der Waals surface area (Å²) in [7, 11) is 0. The molecule has 0 unspecified atom stereocenters. The summed E-state index contributed by atoms with van der Waals surface area (Å²) in [6.45, 7) is 4.15. The molecule has 0 aliphatic carbocycles. The number of H-pyrrole nitrogens is 1. The van der Waals surface area contributed by atoms with Gasteiger partial charge in [-0.05, 0) is 18.2 Å². The Morgan fingerprint density at radius 1 is 1.17 bits per heavy atom. The van der Waals surface area contributed by atoms with Crippen molar-refractivity contribution in [3.8, 4) is 22.9 Å². The largest absolute Gasteiger partial charge is 0.456 e. The number of ether oxygens (including phenoxy) is 1. The van der Waals surface area contributed by atoms with Gasteiger partial charge in [0.15, 0.2) is 0 Å². The summed E-state index contributed by atoms with van der Waals surface area (Å²) in [5.74, 6) is 2.81. The first-order valence-electron chi connectivity index (χ1n) is 7.44. The molecule has 3 aromatic rings. The van der Waals surface area contributed by atoms with Crippen molar-refractivity contribution in [2.24, 2.45) is 0 Å². The van der Waals surface area contributed by atoms with Crippen LogP contribution in [0.2, 0.25) is 0 Å². The molecule has 0 aromatic carbocycles. The molecule has 0 bridgehead atoms. The molecule has 0 fully saturated rings. The first-order valence-corrected chi connectivity index (χ1v) is 7.44. The van der Waals surface area contributed by atoms with Crippen molar-refractivity contribution in [1.29, 1.82) is 0 Å². The van der Waals surface area contributed by atoms with E-state index in [2.05, 4.69) is 39.1 Å². The Morgan fingerprint density at radius 2 is 2.04 bits per heavy atom. The van der Waals surface area contributed by atoms with E-state index in [4.69, 9.17) is 4.74 Å². The fourth-order valence-corrected chi connectivity index (χ4v) is 2.08. The molecule has 121 valence electrons. The van der Waals surface area contributed by atoms with Crippen molar-refractivity contribution in [2.45, 2.75) is 19.8 Å². The van der Waals surface area contributed by atoms with Gasteiger partial charge < -0.3 is 15.0 Å². The quantitative estimate of drug-likeness (QED) is 0.679. The highest BCUT2D eigenvalue weighted by atomic mass is 16.5. The number of hydrogen-bond acceptors (Lipinski definition) is 5. The third-order valence-electron chi connectivity index (χ3n) is 3.29. The predicted octanol–water partition coefficient (Wildman–Crippen LogP) is 3.26. The summed E-state index contributed by atoms with van der Waals surface area (Å²) < 4.78 is 5.76. The number of carbonyl (C=O) groups excluding carboxylic acids is 1. The van der Waals surface area contributed by atoms with E-state index in [1.165, 1.54) is 6.20 Å². The second kappa shape index (κ2) is 6.91. The molecule has 24 heavy (non-hydrogen) atoms. The Morgan fingerprint density at radius 3 is 2.71 bits per heavy atom. The van der Waals surface area contributed by atoms with Crippen LogP contribution in [0.3, 0.4) is 0 Å². The molecule has 0 aliphatic rings. The molecule has 7 heteroatoms. The summed E-state index contributed by atoms with van der Waals surface area (Å²) in [5.41, 5.74) is 1.49. The summed E-state index contributed by atoms with van der Waals surface area (Å²) >= 11 is 0. The fourth-order valence-electron chi connectivity index (χ4n) is 2.08. The maximum atomic E-state index is 10.2. The SMILES string of the molecule is CC(C)c1nc(-c2cc(Oc3ccc(N[C]=O)nc3)ccn2)c[nH]1. The van der Waals surface area contributed by atoms with Gasteiger partial charge in [0.1, 0.15) is 28.8 Å². The van der Waals surface area contributed by atoms with Gasteiger partial charge in [-0.1, -0.05) is 13.8 Å². The highest BCUT2D eigenvalue weighted by Gasteiger charge is 2.09. The zero-order valence-corrected chi connectivity index (χ0v) is 13.3. The summed E-state index contributed by atoms with van der Waals surface area (Å²) in [6, 6.07) is 6.90. The van der Waals surface area contributed by atoms with Crippen LogP contribution in [-0.4, -0.2) is 26.3 Å². The van der Waals surface area contributed by atoms with Crippen molar-refractivity contribution >= 4 is 12.2 Å². The minimum absolute atomic E-state index is 0.319. The molecule has 0 spiro atoms. The van der Waals surface area contributed by atoms with E-state index in [9.17, 15) is 4.79 Å². The summed E-state index contributed by atoms with van der Waals surface area (Å²) in [6.07, 6.45) is 6.58. The second-order valence-electron chi connectivity index (χ2n) is 5.41. The number of imidazole rings is 1. The topological polar surface area (TPSA) is 92.8 Å². The van der Waals surface area contributed by atoms with E-state index < -0.39 is 0 Å². The monoisotopic (exact) mass is 322 g/mol. The van der Waals surface area contributed by atoms with Crippen LogP contribution in [0.15, 0.2) is 42.9 Å². The molecular formula is C17H16N5O2. The van der Waals surface area contributed by atoms with E-state index in [1.54, 1.807) is 30.8 Å².